The smallest absolute Gasteiger partial charge is 0.243 e. The molecule has 0 spiro atoms. The fraction of sp³-hybridized carbons (Fsp3) is 0.174. The van der Waals surface area contributed by atoms with Gasteiger partial charge < -0.3 is 20.1 Å². The predicted octanol–water partition coefficient (Wildman–Crippen LogP) is 3.11. The highest BCUT2D eigenvalue weighted by atomic mass is 32.1. The van der Waals surface area contributed by atoms with Gasteiger partial charge in [0.05, 0.1) is 32.9 Å². The first-order valence-electron chi connectivity index (χ1n) is 9.32. The number of terminal acetylenes is 1. The van der Waals surface area contributed by atoms with E-state index in [0.29, 0.717) is 28.4 Å². The Bertz CT molecular complexity index is 1130. The van der Waals surface area contributed by atoms with Crippen molar-refractivity contribution in [3.63, 3.8) is 0 Å². The minimum Gasteiger partial charge on any atom is -0.493 e. The number of thiazole rings is 1. The molecule has 0 aliphatic heterocycles. The lowest BCUT2D eigenvalue weighted by Gasteiger charge is -2.08. The van der Waals surface area contributed by atoms with Crippen molar-refractivity contribution in [2.45, 2.75) is 6.42 Å². The topological polar surface area (TPSA) is 89.6 Å². The minimum absolute atomic E-state index is 0.0731. The summed E-state index contributed by atoms with van der Waals surface area (Å²) < 4.78 is 10.6. The van der Waals surface area contributed by atoms with Crippen LogP contribution in [-0.2, 0) is 16.0 Å². The number of carbonyl (C=O) groups excluding carboxylic acids is 2. The largest absolute Gasteiger partial charge is 0.493 e. The van der Waals surface area contributed by atoms with Gasteiger partial charge in [0.15, 0.2) is 11.5 Å². The number of methoxy groups -OCH3 is 2. The molecule has 0 fully saturated rings. The Labute approximate surface area is 184 Å². The highest BCUT2D eigenvalue weighted by molar-refractivity contribution is 7.13. The molecule has 7 nitrogen and oxygen atoms in total. The van der Waals surface area contributed by atoms with Crippen molar-refractivity contribution in [1.29, 1.82) is 0 Å². The summed E-state index contributed by atoms with van der Waals surface area (Å²) >= 11 is 1.42. The molecule has 1 heterocycles. The van der Waals surface area contributed by atoms with Crippen LogP contribution in [0.3, 0.4) is 0 Å². The van der Waals surface area contributed by atoms with Crippen molar-refractivity contribution >= 4 is 28.8 Å². The number of nitrogens with one attached hydrogen (secondary N) is 2. The number of hydrogen-bond donors (Lipinski definition) is 2. The molecule has 2 aromatic carbocycles. The van der Waals surface area contributed by atoms with Crippen LogP contribution in [0, 0.1) is 12.3 Å². The Balaban J connectivity index is 1.54. The third-order valence-corrected chi connectivity index (χ3v) is 5.22. The van der Waals surface area contributed by atoms with Crippen LogP contribution in [0.5, 0.6) is 11.5 Å². The quantitative estimate of drug-likeness (QED) is 0.531. The lowest BCUT2D eigenvalue weighted by Crippen LogP contribution is -2.33. The number of ether oxygens (including phenoxy) is 2. The van der Waals surface area contributed by atoms with E-state index in [1.807, 2.05) is 17.5 Å². The van der Waals surface area contributed by atoms with E-state index in [1.54, 1.807) is 44.6 Å². The molecule has 3 aromatic rings. The molecule has 8 heteroatoms. The van der Waals surface area contributed by atoms with E-state index in [4.69, 9.17) is 15.9 Å². The summed E-state index contributed by atoms with van der Waals surface area (Å²) in [6.45, 7) is -0.147. The third-order valence-electron chi connectivity index (χ3n) is 4.28. The van der Waals surface area contributed by atoms with Crippen LogP contribution in [-0.4, -0.2) is 37.6 Å². The van der Waals surface area contributed by atoms with Gasteiger partial charge in [0.1, 0.15) is 5.01 Å². The Morgan fingerprint density at radius 2 is 1.90 bits per heavy atom. The maximum absolute atomic E-state index is 12.2. The highest BCUT2D eigenvalue weighted by Gasteiger charge is 2.12. The van der Waals surface area contributed by atoms with Crippen molar-refractivity contribution < 1.29 is 19.1 Å². The second kappa shape index (κ2) is 10.3. The molecule has 0 saturated carbocycles. The van der Waals surface area contributed by atoms with Crippen LogP contribution < -0.4 is 20.1 Å². The molecule has 0 unspecified atom stereocenters. The summed E-state index contributed by atoms with van der Waals surface area (Å²) in [6.07, 6.45) is 5.42. The van der Waals surface area contributed by atoms with Crippen molar-refractivity contribution in [2.24, 2.45) is 0 Å². The van der Waals surface area contributed by atoms with Gasteiger partial charge in [-0.05, 0) is 36.4 Å². The second-order valence-corrected chi connectivity index (χ2v) is 7.30. The van der Waals surface area contributed by atoms with Gasteiger partial charge in [-0.25, -0.2) is 4.98 Å². The highest BCUT2D eigenvalue weighted by Crippen LogP contribution is 2.33. The van der Waals surface area contributed by atoms with Gasteiger partial charge >= 0.3 is 0 Å². The Kier molecular flexibility index (Phi) is 7.25. The van der Waals surface area contributed by atoms with Crippen LogP contribution in [0.2, 0.25) is 0 Å². The number of rotatable bonds is 8. The summed E-state index contributed by atoms with van der Waals surface area (Å²) in [5.41, 5.74) is 2.72. The number of amides is 2. The maximum Gasteiger partial charge on any atom is 0.243 e. The number of aromatic nitrogens is 1. The number of nitrogens with zero attached hydrogens (tertiary/aromatic N) is 1. The lowest BCUT2D eigenvalue weighted by atomic mass is 10.2. The lowest BCUT2D eigenvalue weighted by molar-refractivity contribution is -0.123. The van der Waals surface area contributed by atoms with Crippen molar-refractivity contribution in [2.75, 3.05) is 26.1 Å². The van der Waals surface area contributed by atoms with Crippen LogP contribution in [0.1, 0.15) is 11.3 Å². The molecule has 0 saturated heterocycles. The van der Waals surface area contributed by atoms with E-state index in [0.717, 1.165) is 10.6 Å². The average molecular weight is 436 g/mol. The number of anilines is 1. The maximum atomic E-state index is 12.2. The van der Waals surface area contributed by atoms with Crippen LogP contribution in [0.15, 0.2) is 47.8 Å². The summed E-state index contributed by atoms with van der Waals surface area (Å²) in [7, 11) is 3.15. The second-order valence-electron chi connectivity index (χ2n) is 6.44. The van der Waals surface area contributed by atoms with E-state index in [-0.39, 0.29) is 24.8 Å². The molecule has 0 aliphatic rings. The van der Waals surface area contributed by atoms with Gasteiger partial charge in [-0.2, -0.15) is 0 Å². The Morgan fingerprint density at radius 1 is 1.10 bits per heavy atom. The Hall–Kier alpha value is -3.83. The molecule has 0 radical (unpaired) electrons. The molecule has 0 aliphatic carbocycles. The fourth-order valence-electron chi connectivity index (χ4n) is 2.79. The summed E-state index contributed by atoms with van der Waals surface area (Å²) in [6, 6.07) is 12.4. The molecular formula is C23H21N3O4S. The summed E-state index contributed by atoms with van der Waals surface area (Å²) in [5, 5.41) is 7.87. The first-order chi connectivity index (χ1) is 15.0. The molecule has 2 N–H and O–H groups in total. The zero-order valence-electron chi connectivity index (χ0n) is 17.1. The fourth-order valence-corrected chi connectivity index (χ4v) is 3.60. The van der Waals surface area contributed by atoms with E-state index in [9.17, 15) is 9.59 Å². The standard InChI is InChI=1S/C23H21N3O4S/c1-4-15-6-5-7-17(10-15)25-22(28)13-24-21(27)12-18-14-31-23(26-18)16-8-9-19(29-2)20(11-16)30-3/h1,5-11,14H,12-13H2,2-3H3,(H,24,27)(H,25,28). The molecular weight excluding hydrogens is 414 g/mol. The first-order valence-corrected chi connectivity index (χ1v) is 10.2. The van der Waals surface area contributed by atoms with Crippen LogP contribution >= 0.6 is 11.3 Å². The van der Waals surface area contributed by atoms with E-state index >= 15 is 0 Å². The van der Waals surface area contributed by atoms with E-state index in [1.165, 1.54) is 11.3 Å². The zero-order chi connectivity index (χ0) is 22.2. The van der Waals surface area contributed by atoms with E-state index in [2.05, 4.69) is 21.5 Å². The molecule has 158 valence electrons. The molecule has 3 rings (SSSR count). The summed E-state index contributed by atoms with van der Waals surface area (Å²) in [4.78, 5) is 28.8. The molecule has 31 heavy (non-hydrogen) atoms. The van der Waals surface area contributed by atoms with Crippen LogP contribution in [0.25, 0.3) is 10.6 Å². The van der Waals surface area contributed by atoms with Crippen molar-refractivity contribution in [3.05, 3.63) is 59.1 Å². The van der Waals surface area contributed by atoms with Crippen molar-refractivity contribution in [1.82, 2.24) is 10.3 Å². The Morgan fingerprint density at radius 3 is 2.65 bits per heavy atom. The van der Waals surface area contributed by atoms with Gasteiger partial charge in [-0.15, -0.1) is 17.8 Å². The number of benzene rings is 2. The van der Waals surface area contributed by atoms with Gasteiger partial charge in [0.25, 0.3) is 0 Å². The first kappa shape index (κ1) is 21.9. The monoisotopic (exact) mass is 435 g/mol. The molecule has 2 amide bonds. The van der Waals surface area contributed by atoms with Gasteiger partial charge in [-0.3, -0.25) is 9.59 Å². The van der Waals surface area contributed by atoms with E-state index < -0.39 is 0 Å². The molecule has 0 atom stereocenters. The van der Waals surface area contributed by atoms with Gasteiger partial charge in [-0.1, -0.05) is 12.0 Å². The van der Waals surface area contributed by atoms with Gasteiger partial charge in [0.2, 0.25) is 11.8 Å². The third kappa shape index (κ3) is 5.84. The average Bonchev–Trinajstić information content (AvgIpc) is 3.25. The summed E-state index contributed by atoms with van der Waals surface area (Å²) in [5.74, 6) is 3.10. The predicted molar refractivity (Wildman–Crippen MR) is 120 cm³/mol. The zero-order valence-corrected chi connectivity index (χ0v) is 17.9. The van der Waals surface area contributed by atoms with Gasteiger partial charge in [0, 0.05) is 22.2 Å². The number of carbonyl (C=O) groups is 2. The van der Waals surface area contributed by atoms with Crippen molar-refractivity contribution in [3.8, 4) is 34.4 Å². The molecule has 1 aromatic heterocycles. The minimum atomic E-state index is -0.341. The SMILES string of the molecule is C#Cc1cccc(NC(=O)CNC(=O)Cc2csc(-c3ccc(OC)c(OC)c3)n2)c1. The molecule has 0 bridgehead atoms. The number of hydrogen-bond acceptors (Lipinski definition) is 6. The van der Waals surface area contributed by atoms with Crippen LogP contribution in [0.4, 0.5) is 5.69 Å². The normalized spacial score (nSPS) is 10.1.